The van der Waals surface area contributed by atoms with Crippen molar-refractivity contribution in [1.82, 2.24) is 0 Å². The van der Waals surface area contributed by atoms with E-state index in [9.17, 15) is 0 Å². The van der Waals surface area contributed by atoms with Crippen LogP contribution in [-0.2, 0) is 25.8 Å². The average Bonchev–Trinajstić information content (AvgIpc) is 2.12. The van der Waals surface area contributed by atoms with Gasteiger partial charge in [-0.25, -0.2) is 6.08 Å². The summed E-state index contributed by atoms with van der Waals surface area (Å²) in [6.07, 6.45) is 8.47. The van der Waals surface area contributed by atoms with Gasteiger partial charge in [0.1, 0.15) is 0 Å². The molecule has 0 saturated heterocycles. The van der Waals surface area contributed by atoms with Crippen LogP contribution in [0.5, 0.6) is 0 Å². The second kappa shape index (κ2) is 4.21. The summed E-state index contributed by atoms with van der Waals surface area (Å²) in [6.45, 7) is 4.41. The van der Waals surface area contributed by atoms with Gasteiger partial charge in [-0.2, -0.15) is 11.6 Å². The fraction of sp³-hybridized carbons (Fsp3) is 0.500. The van der Waals surface area contributed by atoms with E-state index in [0.717, 1.165) is 6.42 Å². The maximum absolute atomic E-state index is 3.14. The normalized spacial score (nSPS) is 15.7. The first-order chi connectivity index (χ1) is 3.80. The van der Waals surface area contributed by atoms with Crippen LogP contribution in [0, 0.1) is 12.0 Å². The van der Waals surface area contributed by atoms with Gasteiger partial charge in [0, 0.05) is 25.8 Å². The van der Waals surface area contributed by atoms with Crippen LogP contribution < -0.4 is 0 Å². The zero-order valence-electron chi connectivity index (χ0n) is 5.94. The zero-order chi connectivity index (χ0) is 5.98. The molecular weight excluding hydrogens is 275 g/mol. The van der Waals surface area contributed by atoms with Crippen molar-refractivity contribution in [3.63, 3.8) is 0 Å². The summed E-state index contributed by atoms with van der Waals surface area (Å²) in [6, 6.07) is 0. The zero-order valence-corrected chi connectivity index (χ0v) is 9.53. The molecule has 1 rings (SSSR count). The molecule has 0 fully saturated rings. The molecule has 0 heterocycles. The minimum atomic E-state index is 0. The SMILES string of the molecule is CC(C)C1=CC[C-]=C1.[Hf]. The molecule has 0 amide bonds. The number of rotatable bonds is 1. The number of hydrogen-bond donors (Lipinski definition) is 0. The van der Waals surface area contributed by atoms with Crippen LogP contribution in [0.25, 0.3) is 0 Å². The van der Waals surface area contributed by atoms with E-state index in [1.54, 1.807) is 0 Å². The van der Waals surface area contributed by atoms with E-state index >= 15 is 0 Å². The minimum Gasteiger partial charge on any atom is -0.273 e. The summed E-state index contributed by atoms with van der Waals surface area (Å²) in [5.41, 5.74) is 1.44. The maximum Gasteiger partial charge on any atom is 0 e. The third kappa shape index (κ3) is 2.61. The minimum absolute atomic E-state index is 0. The van der Waals surface area contributed by atoms with E-state index in [2.05, 4.69) is 32.1 Å². The Hall–Kier alpha value is 0.350. The van der Waals surface area contributed by atoms with Crippen molar-refractivity contribution in [3.8, 4) is 0 Å². The molecule has 1 aliphatic rings. The molecule has 0 N–H and O–H groups in total. The molecule has 0 saturated carbocycles. The molecular formula is C8H11Hf-. The fourth-order valence-electron chi connectivity index (χ4n) is 0.815. The van der Waals surface area contributed by atoms with E-state index in [-0.39, 0.29) is 25.8 Å². The molecule has 9 heavy (non-hydrogen) atoms. The van der Waals surface area contributed by atoms with Gasteiger partial charge in [-0.15, -0.1) is 6.42 Å². The summed E-state index contributed by atoms with van der Waals surface area (Å²) in [7, 11) is 0. The van der Waals surface area contributed by atoms with Crippen LogP contribution in [-0.4, -0.2) is 0 Å². The molecule has 0 spiro atoms. The molecule has 0 aromatic rings. The average molecular weight is 286 g/mol. The molecule has 0 atom stereocenters. The Labute approximate surface area is 75.8 Å². The van der Waals surface area contributed by atoms with Crippen molar-refractivity contribution >= 4 is 0 Å². The second-order valence-electron chi connectivity index (χ2n) is 2.41. The second-order valence-corrected chi connectivity index (χ2v) is 2.41. The maximum atomic E-state index is 3.14. The first kappa shape index (κ1) is 9.35. The summed E-state index contributed by atoms with van der Waals surface area (Å²) < 4.78 is 0. The van der Waals surface area contributed by atoms with Crippen LogP contribution in [0.2, 0.25) is 0 Å². The third-order valence-electron chi connectivity index (χ3n) is 1.39. The van der Waals surface area contributed by atoms with E-state index in [1.807, 2.05) is 0 Å². The smallest absolute Gasteiger partial charge is 0 e. The quantitative estimate of drug-likeness (QED) is 0.512. The molecule has 0 aromatic carbocycles. The first-order valence-electron chi connectivity index (χ1n) is 3.07. The first-order valence-corrected chi connectivity index (χ1v) is 3.07. The molecule has 0 bridgehead atoms. The van der Waals surface area contributed by atoms with Crippen molar-refractivity contribution in [1.29, 1.82) is 0 Å². The summed E-state index contributed by atoms with van der Waals surface area (Å²) in [4.78, 5) is 0. The van der Waals surface area contributed by atoms with Gasteiger partial charge in [0.05, 0.1) is 0 Å². The van der Waals surface area contributed by atoms with Crippen molar-refractivity contribution < 1.29 is 25.8 Å². The molecule has 1 aliphatic carbocycles. The van der Waals surface area contributed by atoms with Gasteiger partial charge in [-0.05, 0) is 0 Å². The van der Waals surface area contributed by atoms with Gasteiger partial charge >= 0.3 is 0 Å². The van der Waals surface area contributed by atoms with Gasteiger partial charge in [-0.3, -0.25) is 6.08 Å². The summed E-state index contributed by atoms with van der Waals surface area (Å²) >= 11 is 0. The van der Waals surface area contributed by atoms with Crippen LogP contribution in [0.3, 0.4) is 0 Å². The fourth-order valence-corrected chi connectivity index (χ4v) is 0.815. The summed E-state index contributed by atoms with van der Waals surface area (Å²) in [5, 5.41) is 0. The predicted molar refractivity (Wildman–Crippen MR) is 35.4 cm³/mol. The van der Waals surface area contributed by atoms with Gasteiger partial charge < -0.3 is 0 Å². The molecule has 0 aliphatic heterocycles. The van der Waals surface area contributed by atoms with E-state index < -0.39 is 0 Å². The van der Waals surface area contributed by atoms with E-state index in [4.69, 9.17) is 0 Å². The number of allylic oxidation sites excluding steroid dienone is 4. The Balaban J connectivity index is 0.000000640. The topological polar surface area (TPSA) is 0 Å². The van der Waals surface area contributed by atoms with E-state index in [0.29, 0.717) is 5.92 Å². The van der Waals surface area contributed by atoms with Gasteiger partial charge in [0.2, 0.25) is 0 Å². The Morgan fingerprint density at radius 2 is 2.22 bits per heavy atom. The number of hydrogen-bond acceptors (Lipinski definition) is 0. The van der Waals surface area contributed by atoms with Crippen LogP contribution in [0.4, 0.5) is 0 Å². The van der Waals surface area contributed by atoms with Crippen LogP contribution in [0.1, 0.15) is 20.3 Å². The van der Waals surface area contributed by atoms with Crippen molar-refractivity contribution in [2.24, 2.45) is 5.92 Å². The predicted octanol–water partition coefficient (Wildman–Crippen LogP) is 2.33. The largest absolute Gasteiger partial charge is 0.273 e. The Kier molecular flexibility index (Phi) is 4.37. The Morgan fingerprint density at radius 3 is 2.44 bits per heavy atom. The van der Waals surface area contributed by atoms with Crippen molar-refractivity contribution in [2.45, 2.75) is 20.3 Å². The molecule has 0 nitrogen and oxygen atoms in total. The van der Waals surface area contributed by atoms with Crippen molar-refractivity contribution in [2.75, 3.05) is 0 Å². The van der Waals surface area contributed by atoms with Crippen molar-refractivity contribution in [3.05, 3.63) is 23.8 Å². The molecule has 0 radical (unpaired) electrons. The molecule has 0 unspecified atom stereocenters. The van der Waals surface area contributed by atoms with E-state index in [1.165, 1.54) is 5.57 Å². The Bertz CT molecular complexity index is 132. The molecule has 1 heteroatoms. The van der Waals surface area contributed by atoms with Crippen LogP contribution >= 0.6 is 0 Å². The summed E-state index contributed by atoms with van der Waals surface area (Å²) in [5.74, 6) is 0.685. The molecule has 48 valence electrons. The van der Waals surface area contributed by atoms with Gasteiger partial charge in [0.15, 0.2) is 0 Å². The van der Waals surface area contributed by atoms with Gasteiger partial charge in [-0.1, -0.05) is 19.8 Å². The molecule has 0 aromatic heterocycles. The van der Waals surface area contributed by atoms with Gasteiger partial charge in [0.25, 0.3) is 0 Å². The third-order valence-corrected chi connectivity index (χ3v) is 1.39. The Morgan fingerprint density at radius 1 is 1.56 bits per heavy atom. The van der Waals surface area contributed by atoms with Crippen LogP contribution in [0.15, 0.2) is 17.7 Å². The monoisotopic (exact) mass is 287 g/mol. The standard InChI is InChI=1S/C8H11.Hf/c1-7(2)8-5-3-4-6-8;/h5-7H,3H2,1-2H3;/q-1;.